The normalized spacial score (nSPS) is 9.82. The number of pyridine rings is 1. The fraction of sp³-hybridized carbons (Fsp3) is 0.333. The Morgan fingerprint density at radius 2 is 2.24 bits per heavy atom. The van der Waals surface area contributed by atoms with Gasteiger partial charge in [0.2, 0.25) is 0 Å². The topological polar surface area (TPSA) is 62.4 Å². The van der Waals surface area contributed by atoms with Crippen LogP contribution in [0.2, 0.25) is 0 Å². The van der Waals surface area contributed by atoms with Crippen molar-refractivity contribution in [2.24, 2.45) is 0 Å². The van der Waals surface area contributed by atoms with Crippen molar-refractivity contribution in [3.63, 3.8) is 0 Å². The standard InChI is InChI=1S/C12H16N2O3/c1-5-8-7-9(12(16)17-6-2)11(15)13-10(8)14(3)4/h5,7H,1,6H2,2-4H3,(H,13,15). The van der Waals surface area contributed by atoms with Gasteiger partial charge in [0.25, 0.3) is 5.56 Å². The number of ether oxygens (including phenoxy) is 1. The molecule has 92 valence electrons. The van der Waals surface area contributed by atoms with Gasteiger partial charge in [-0.25, -0.2) is 4.79 Å². The van der Waals surface area contributed by atoms with Crippen LogP contribution in [0.25, 0.3) is 6.08 Å². The van der Waals surface area contributed by atoms with Crippen molar-refractivity contribution in [2.45, 2.75) is 6.92 Å². The zero-order chi connectivity index (χ0) is 13.0. The summed E-state index contributed by atoms with van der Waals surface area (Å²) in [6, 6.07) is 1.49. The number of aromatic amines is 1. The van der Waals surface area contributed by atoms with Gasteiger partial charge in [0, 0.05) is 19.7 Å². The molecule has 1 N–H and O–H groups in total. The van der Waals surface area contributed by atoms with E-state index in [1.54, 1.807) is 32.0 Å². The molecule has 0 aliphatic rings. The van der Waals surface area contributed by atoms with E-state index in [1.165, 1.54) is 6.07 Å². The second kappa shape index (κ2) is 5.34. The number of nitrogens with zero attached hydrogens (tertiary/aromatic N) is 1. The van der Waals surface area contributed by atoms with Gasteiger partial charge in [-0.15, -0.1) is 0 Å². The van der Waals surface area contributed by atoms with E-state index in [2.05, 4.69) is 11.6 Å². The summed E-state index contributed by atoms with van der Waals surface area (Å²) in [6.45, 7) is 5.57. The highest BCUT2D eigenvalue weighted by Gasteiger charge is 2.15. The molecule has 0 amide bonds. The summed E-state index contributed by atoms with van der Waals surface area (Å²) >= 11 is 0. The Hall–Kier alpha value is -2.04. The minimum atomic E-state index is -0.623. The lowest BCUT2D eigenvalue weighted by Crippen LogP contribution is -2.24. The van der Waals surface area contributed by atoms with Crippen LogP contribution >= 0.6 is 0 Å². The number of rotatable bonds is 4. The average molecular weight is 236 g/mol. The summed E-state index contributed by atoms with van der Waals surface area (Å²) in [6.07, 6.45) is 1.58. The Balaban J connectivity index is 3.32. The third-order valence-corrected chi connectivity index (χ3v) is 2.21. The molecule has 0 bridgehead atoms. The Kier molecular flexibility index (Phi) is 4.09. The van der Waals surface area contributed by atoms with E-state index in [1.807, 2.05) is 0 Å². The molecule has 0 fully saturated rings. The van der Waals surface area contributed by atoms with Gasteiger partial charge in [-0.1, -0.05) is 12.7 Å². The number of nitrogens with one attached hydrogen (secondary N) is 1. The predicted molar refractivity (Wildman–Crippen MR) is 67.4 cm³/mol. The smallest absolute Gasteiger partial charge is 0.343 e. The fourth-order valence-corrected chi connectivity index (χ4v) is 1.42. The van der Waals surface area contributed by atoms with Crippen molar-refractivity contribution in [3.8, 4) is 0 Å². The van der Waals surface area contributed by atoms with Crippen LogP contribution in [0.1, 0.15) is 22.8 Å². The molecule has 5 nitrogen and oxygen atoms in total. The molecule has 1 rings (SSSR count). The number of esters is 1. The van der Waals surface area contributed by atoms with Crippen LogP contribution in [0, 0.1) is 0 Å². The summed E-state index contributed by atoms with van der Waals surface area (Å²) in [4.78, 5) is 27.6. The number of H-pyrrole nitrogens is 1. The van der Waals surface area contributed by atoms with E-state index < -0.39 is 11.5 Å². The number of hydrogen-bond acceptors (Lipinski definition) is 4. The molecular weight excluding hydrogens is 220 g/mol. The summed E-state index contributed by atoms with van der Waals surface area (Å²) in [5, 5.41) is 0. The third kappa shape index (κ3) is 2.75. The zero-order valence-corrected chi connectivity index (χ0v) is 10.2. The monoisotopic (exact) mass is 236 g/mol. The predicted octanol–water partition coefficient (Wildman–Crippen LogP) is 1.26. The minimum absolute atomic E-state index is 0.00708. The molecule has 0 aliphatic heterocycles. The van der Waals surface area contributed by atoms with Crippen LogP contribution in [0.15, 0.2) is 17.4 Å². The Morgan fingerprint density at radius 3 is 2.71 bits per heavy atom. The fourth-order valence-electron chi connectivity index (χ4n) is 1.42. The van der Waals surface area contributed by atoms with Gasteiger partial charge in [-0.2, -0.15) is 0 Å². The van der Waals surface area contributed by atoms with E-state index in [-0.39, 0.29) is 12.2 Å². The number of anilines is 1. The summed E-state index contributed by atoms with van der Waals surface area (Å²) in [5.41, 5.74) is 0.211. The van der Waals surface area contributed by atoms with Gasteiger partial charge in [-0.3, -0.25) is 4.79 Å². The highest BCUT2D eigenvalue weighted by atomic mass is 16.5. The van der Waals surface area contributed by atoms with Crippen LogP contribution in [0.4, 0.5) is 5.82 Å². The van der Waals surface area contributed by atoms with Crippen molar-refractivity contribution in [1.82, 2.24) is 4.98 Å². The number of carbonyl (C=O) groups excluding carboxylic acids is 1. The molecule has 0 spiro atoms. The van der Waals surface area contributed by atoms with Crippen LogP contribution in [-0.4, -0.2) is 31.7 Å². The van der Waals surface area contributed by atoms with Gasteiger partial charge in [0.1, 0.15) is 11.4 Å². The van der Waals surface area contributed by atoms with E-state index >= 15 is 0 Å². The Labute approximate surface area is 99.7 Å². The molecule has 1 aromatic heterocycles. The Morgan fingerprint density at radius 1 is 1.59 bits per heavy atom. The van der Waals surface area contributed by atoms with Gasteiger partial charge in [0.05, 0.1) is 6.61 Å². The summed E-state index contributed by atoms with van der Waals surface area (Å²) < 4.78 is 4.80. The van der Waals surface area contributed by atoms with Crippen LogP contribution in [-0.2, 0) is 4.74 Å². The van der Waals surface area contributed by atoms with E-state index in [0.29, 0.717) is 11.4 Å². The third-order valence-electron chi connectivity index (χ3n) is 2.21. The van der Waals surface area contributed by atoms with Crippen LogP contribution in [0.3, 0.4) is 0 Å². The quantitative estimate of drug-likeness (QED) is 0.799. The van der Waals surface area contributed by atoms with Gasteiger partial charge < -0.3 is 14.6 Å². The van der Waals surface area contributed by atoms with Crippen LogP contribution in [0.5, 0.6) is 0 Å². The number of hydrogen-bond donors (Lipinski definition) is 1. The SMILES string of the molecule is C=Cc1cc(C(=O)OCC)c(=O)[nH]c1N(C)C. The molecule has 0 aromatic carbocycles. The number of carbonyl (C=O) groups is 1. The van der Waals surface area contributed by atoms with Gasteiger partial charge in [-0.05, 0) is 13.0 Å². The molecule has 0 aliphatic carbocycles. The first kappa shape index (κ1) is 13.0. The molecule has 0 radical (unpaired) electrons. The van der Waals surface area contributed by atoms with Gasteiger partial charge >= 0.3 is 5.97 Å². The zero-order valence-electron chi connectivity index (χ0n) is 10.2. The van der Waals surface area contributed by atoms with Crippen molar-refractivity contribution in [2.75, 3.05) is 25.6 Å². The highest BCUT2D eigenvalue weighted by molar-refractivity contribution is 5.90. The molecule has 5 heteroatoms. The van der Waals surface area contributed by atoms with Gasteiger partial charge in [0.15, 0.2) is 0 Å². The number of aromatic nitrogens is 1. The maximum atomic E-state index is 11.7. The molecule has 0 saturated heterocycles. The molecule has 0 unspecified atom stereocenters. The maximum Gasteiger partial charge on any atom is 0.343 e. The largest absolute Gasteiger partial charge is 0.462 e. The molecule has 17 heavy (non-hydrogen) atoms. The van der Waals surface area contributed by atoms with E-state index in [0.717, 1.165) is 0 Å². The first-order chi connectivity index (χ1) is 8.01. The lowest BCUT2D eigenvalue weighted by atomic mass is 10.1. The van der Waals surface area contributed by atoms with E-state index in [4.69, 9.17) is 4.74 Å². The maximum absolute atomic E-state index is 11.7. The second-order valence-corrected chi connectivity index (χ2v) is 3.64. The lowest BCUT2D eigenvalue weighted by molar-refractivity contribution is 0.0524. The summed E-state index contributed by atoms with van der Waals surface area (Å²) in [5.74, 6) is -0.0137. The first-order valence-electron chi connectivity index (χ1n) is 5.25. The first-order valence-corrected chi connectivity index (χ1v) is 5.25. The van der Waals surface area contributed by atoms with Crippen molar-refractivity contribution < 1.29 is 9.53 Å². The molecular formula is C12H16N2O3. The van der Waals surface area contributed by atoms with E-state index in [9.17, 15) is 9.59 Å². The molecule has 0 saturated carbocycles. The highest BCUT2D eigenvalue weighted by Crippen LogP contribution is 2.15. The van der Waals surface area contributed by atoms with Crippen molar-refractivity contribution in [1.29, 1.82) is 0 Å². The van der Waals surface area contributed by atoms with Crippen LogP contribution < -0.4 is 10.5 Å². The lowest BCUT2D eigenvalue weighted by Gasteiger charge is -2.15. The second-order valence-electron chi connectivity index (χ2n) is 3.64. The molecule has 0 atom stereocenters. The van der Waals surface area contributed by atoms with Crippen molar-refractivity contribution in [3.05, 3.63) is 34.1 Å². The summed E-state index contributed by atoms with van der Waals surface area (Å²) in [7, 11) is 3.59. The average Bonchev–Trinajstić information content (AvgIpc) is 2.28. The Bertz CT molecular complexity index is 489. The van der Waals surface area contributed by atoms with Crippen molar-refractivity contribution >= 4 is 17.9 Å². The molecule has 1 heterocycles. The minimum Gasteiger partial charge on any atom is -0.462 e. The molecule has 1 aromatic rings.